The summed E-state index contributed by atoms with van der Waals surface area (Å²) < 4.78 is 0. The number of nitrogens with zero attached hydrogens (tertiary/aromatic N) is 2. The first-order valence-electron chi connectivity index (χ1n) is 8.86. The van der Waals surface area contributed by atoms with Crippen molar-refractivity contribution in [2.75, 3.05) is 0 Å². The lowest BCUT2D eigenvalue weighted by Gasteiger charge is -2.08. The molecule has 0 aliphatic rings. The van der Waals surface area contributed by atoms with Crippen molar-refractivity contribution in [3.8, 4) is 5.75 Å². The Balaban J connectivity index is 1.74. The minimum absolute atomic E-state index is 0.0139. The smallest absolute Gasteiger partial charge is 0.310 e. The highest BCUT2D eigenvalue weighted by atomic mass is 32.1. The van der Waals surface area contributed by atoms with E-state index in [2.05, 4.69) is 15.8 Å². The van der Waals surface area contributed by atoms with Gasteiger partial charge in [-0.15, -0.1) is 11.3 Å². The van der Waals surface area contributed by atoms with Crippen molar-refractivity contribution >= 4 is 41.1 Å². The van der Waals surface area contributed by atoms with Crippen molar-refractivity contribution in [3.05, 3.63) is 97.9 Å². The number of phenolic OH excluding ortho intramolecular Hbond substituents is 1. The molecule has 0 atom stereocenters. The molecule has 0 fully saturated rings. The largest absolute Gasteiger partial charge is 0.502 e. The number of nitro groups is 1. The number of hydrogen-bond acceptors (Lipinski definition) is 7. The second-order valence-corrected chi connectivity index (χ2v) is 7.08. The lowest BCUT2D eigenvalue weighted by molar-refractivity contribution is -0.385. The number of amides is 2. The molecule has 0 saturated heterocycles. The van der Waals surface area contributed by atoms with Crippen LogP contribution in [0.1, 0.15) is 20.8 Å². The van der Waals surface area contributed by atoms with Crippen LogP contribution in [0.4, 0.5) is 5.69 Å². The highest BCUT2D eigenvalue weighted by molar-refractivity contribution is 7.10. The number of carbonyl (C=O) groups excluding carboxylic acids is 2. The molecule has 2 aromatic carbocycles. The average Bonchev–Trinajstić information content (AvgIpc) is 3.26. The summed E-state index contributed by atoms with van der Waals surface area (Å²) in [4.78, 5) is 35.8. The molecule has 0 aliphatic carbocycles. The Morgan fingerprint density at radius 1 is 1.10 bits per heavy atom. The minimum atomic E-state index is -0.713. The van der Waals surface area contributed by atoms with E-state index in [1.54, 1.807) is 36.4 Å². The Morgan fingerprint density at radius 3 is 2.52 bits per heavy atom. The zero-order valence-electron chi connectivity index (χ0n) is 15.9. The number of hydrazone groups is 1. The number of thiophene rings is 1. The van der Waals surface area contributed by atoms with Gasteiger partial charge in [0.25, 0.3) is 11.8 Å². The van der Waals surface area contributed by atoms with Gasteiger partial charge in [-0.3, -0.25) is 19.7 Å². The molecule has 0 saturated carbocycles. The first-order chi connectivity index (χ1) is 14.9. The van der Waals surface area contributed by atoms with Crippen LogP contribution >= 0.6 is 11.3 Å². The van der Waals surface area contributed by atoms with E-state index >= 15 is 0 Å². The van der Waals surface area contributed by atoms with Crippen molar-refractivity contribution in [1.82, 2.24) is 10.7 Å². The van der Waals surface area contributed by atoms with E-state index in [9.17, 15) is 24.8 Å². The fourth-order valence-electron chi connectivity index (χ4n) is 2.46. The molecular weight excluding hydrogens is 420 g/mol. The zero-order valence-corrected chi connectivity index (χ0v) is 16.7. The Morgan fingerprint density at radius 2 is 1.87 bits per heavy atom. The molecule has 2 amide bonds. The van der Waals surface area contributed by atoms with E-state index in [-0.39, 0.29) is 5.70 Å². The number of aromatic hydroxyl groups is 1. The summed E-state index contributed by atoms with van der Waals surface area (Å²) in [6, 6.07) is 15.7. The highest BCUT2D eigenvalue weighted by Crippen LogP contribution is 2.25. The molecule has 9 nitrogen and oxygen atoms in total. The maximum atomic E-state index is 12.6. The van der Waals surface area contributed by atoms with Crippen LogP contribution in [0, 0.1) is 10.1 Å². The van der Waals surface area contributed by atoms with E-state index in [1.807, 2.05) is 11.4 Å². The molecule has 3 aromatic rings. The van der Waals surface area contributed by atoms with Gasteiger partial charge >= 0.3 is 5.69 Å². The minimum Gasteiger partial charge on any atom is -0.502 e. The summed E-state index contributed by atoms with van der Waals surface area (Å²) in [6.07, 6.45) is 2.73. The zero-order chi connectivity index (χ0) is 22.2. The fourth-order valence-corrected chi connectivity index (χ4v) is 3.12. The van der Waals surface area contributed by atoms with Gasteiger partial charge in [0.1, 0.15) is 5.70 Å². The van der Waals surface area contributed by atoms with Crippen molar-refractivity contribution < 1.29 is 19.6 Å². The summed E-state index contributed by atoms with van der Waals surface area (Å²) in [5, 5.41) is 28.6. The first-order valence-corrected chi connectivity index (χ1v) is 9.74. The van der Waals surface area contributed by atoms with Crippen LogP contribution in [0.3, 0.4) is 0 Å². The molecule has 0 spiro atoms. The Bertz CT molecular complexity index is 1160. The summed E-state index contributed by atoms with van der Waals surface area (Å²) in [7, 11) is 0. The SMILES string of the molecule is O=C(NN=Cc1ccc([N+](=O)[O-])c(O)c1)C(=Cc1cccs1)NC(=O)c1ccccc1. The van der Waals surface area contributed by atoms with Crippen molar-refractivity contribution in [2.24, 2.45) is 5.10 Å². The van der Waals surface area contributed by atoms with Crippen LogP contribution < -0.4 is 10.7 Å². The van der Waals surface area contributed by atoms with Gasteiger partial charge in [-0.25, -0.2) is 5.43 Å². The molecule has 0 unspecified atom stereocenters. The third-order valence-corrected chi connectivity index (χ3v) is 4.75. The van der Waals surface area contributed by atoms with Crippen molar-refractivity contribution in [2.45, 2.75) is 0 Å². The Hall–Kier alpha value is -4.31. The molecule has 3 rings (SSSR count). The van der Waals surface area contributed by atoms with Crippen LogP contribution in [-0.4, -0.2) is 28.1 Å². The van der Waals surface area contributed by atoms with Crippen LogP contribution in [-0.2, 0) is 4.79 Å². The van der Waals surface area contributed by atoms with E-state index in [0.717, 1.165) is 17.0 Å². The Kier molecular flexibility index (Phi) is 6.86. The number of benzene rings is 2. The van der Waals surface area contributed by atoms with Crippen molar-refractivity contribution in [1.29, 1.82) is 0 Å². The van der Waals surface area contributed by atoms with Crippen LogP contribution in [0.2, 0.25) is 0 Å². The maximum Gasteiger partial charge on any atom is 0.310 e. The van der Waals surface area contributed by atoms with Crippen LogP contribution in [0.5, 0.6) is 5.75 Å². The summed E-state index contributed by atoms with van der Waals surface area (Å²) >= 11 is 1.39. The van der Waals surface area contributed by atoms with Gasteiger partial charge in [0.15, 0.2) is 5.75 Å². The topological polar surface area (TPSA) is 134 Å². The normalized spacial score (nSPS) is 11.3. The number of nitro benzene ring substituents is 1. The molecule has 0 aliphatic heterocycles. The van der Waals surface area contributed by atoms with Gasteiger partial charge in [-0.1, -0.05) is 24.3 Å². The number of hydrogen-bond donors (Lipinski definition) is 3. The standard InChI is InChI=1S/C21H16N4O5S/c26-19-11-14(8-9-18(19)25(29)30)13-22-24-21(28)17(12-16-7-4-10-31-16)23-20(27)15-5-2-1-3-6-15/h1-13,26H,(H,23,27)(H,24,28). The van der Waals surface area contributed by atoms with Gasteiger partial charge in [-0.2, -0.15) is 5.10 Å². The number of rotatable bonds is 7. The second-order valence-electron chi connectivity index (χ2n) is 6.10. The monoisotopic (exact) mass is 436 g/mol. The van der Waals surface area contributed by atoms with Crippen LogP contribution in [0.25, 0.3) is 6.08 Å². The van der Waals surface area contributed by atoms with E-state index in [0.29, 0.717) is 11.1 Å². The van der Waals surface area contributed by atoms with Crippen molar-refractivity contribution in [3.63, 3.8) is 0 Å². The third kappa shape index (κ3) is 5.84. The highest BCUT2D eigenvalue weighted by Gasteiger charge is 2.15. The maximum absolute atomic E-state index is 12.6. The average molecular weight is 436 g/mol. The van der Waals surface area contributed by atoms with Gasteiger partial charge in [-0.05, 0) is 47.4 Å². The van der Waals surface area contributed by atoms with Gasteiger partial charge in [0.05, 0.1) is 11.1 Å². The summed E-state index contributed by atoms with van der Waals surface area (Å²) in [5.74, 6) is -1.64. The lowest BCUT2D eigenvalue weighted by Crippen LogP contribution is -2.32. The van der Waals surface area contributed by atoms with E-state index in [4.69, 9.17) is 0 Å². The van der Waals surface area contributed by atoms with Gasteiger partial charge < -0.3 is 10.4 Å². The molecule has 1 heterocycles. The molecule has 0 radical (unpaired) electrons. The van der Waals surface area contributed by atoms with Gasteiger partial charge in [0, 0.05) is 16.5 Å². The third-order valence-electron chi connectivity index (χ3n) is 3.93. The number of nitrogens with one attached hydrogen (secondary N) is 2. The summed E-state index contributed by atoms with van der Waals surface area (Å²) in [6.45, 7) is 0. The van der Waals surface area contributed by atoms with Crippen LogP contribution in [0.15, 0.2) is 76.8 Å². The molecule has 0 bridgehead atoms. The molecular formula is C21H16N4O5S. The predicted octanol–water partition coefficient (Wildman–Crippen LogP) is 3.28. The van der Waals surface area contributed by atoms with E-state index in [1.165, 1.54) is 29.7 Å². The first kappa shape index (κ1) is 21.4. The molecule has 10 heteroatoms. The van der Waals surface area contributed by atoms with Gasteiger partial charge in [0.2, 0.25) is 0 Å². The predicted molar refractivity (Wildman–Crippen MR) is 117 cm³/mol. The molecule has 1 aromatic heterocycles. The number of phenols is 1. The van der Waals surface area contributed by atoms with E-state index < -0.39 is 28.2 Å². The lowest BCUT2D eigenvalue weighted by atomic mass is 10.2. The summed E-state index contributed by atoms with van der Waals surface area (Å²) in [5.41, 5.74) is 2.56. The quantitative estimate of drug-likeness (QED) is 0.226. The number of carbonyl (C=O) groups is 2. The molecule has 31 heavy (non-hydrogen) atoms. The molecule has 156 valence electrons. The fraction of sp³-hybridized carbons (Fsp3) is 0. The molecule has 3 N–H and O–H groups in total. The Labute approximate surface area is 180 Å². The second kappa shape index (κ2) is 9.94.